The van der Waals surface area contributed by atoms with Crippen molar-refractivity contribution < 1.29 is 9.53 Å². The molecule has 31 heavy (non-hydrogen) atoms. The molecule has 2 aromatic carbocycles. The van der Waals surface area contributed by atoms with E-state index in [4.69, 9.17) is 10.1 Å². The molecule has 0 aliphatic carbocycles. The summed E-state index contributed by atoms with van der Waals surface area (Å²) in [5.41, 5.74) is 4.12. The molecule has 2 N–H and O–H groups in total. The largest absolute Gasteiger partial charge is 0.454 e. The molecular weight excluding hydrogens is 406 g/mol. The Bertz CT molecular complexity index is 1230. The minimum atomic E-state index is -0.321. The average molecular weight is 428 g/mol. The second kappa shape index (κ2) is 7.96. The second-order valence-electron chi connectivity index (χ2n) is 7.45. The highest BCUT2D eigenvalue weighted by Gasteiger charge is 2.44. The molecule has 5 rings (SSSR count). The lowest BCUT2D eigenvalue weighted by atomic mass is 9.87. The van der Waals surface area contributed by atoms with Crippen LogP contribution in [0.5, 0.6) is 0 Å². The number of anilines is 1. The Morgan fingerprint density at radius 2 is 1.77 bits per heavy atom. The highest BCUT2D eigenvalue weighted by Crippen LogP contribution is 2.48. The average Bonchev–Trinajstić information content (AvgIpc) is 3.37. The summed E-state index contributed by atoms with van der Waals surface area (Å²) in [6.45, 7) is 1.83. The molecule has 3 aromatic rings. The predicted octanol–water partition coefficient (Wildman–Crippen LogP) is 5.50. The molecule has 2 aliphatic heterocycles. The number of amides is 1. The number of nitrogens with zero attached hydrogens (tertiary/aromatic N) is 1. The molecule has 0 radical (unpaired) electrons. The van der Waals surface area contributed by atoms with Gasteiger partial charge in [-0.3, -0.25) is 10.2 Å². The summed E-state index contributed by atoms with van der Waals surface area (Å²) in [7, 11) is 0. The summed E-state index contributed by atoms with van der Waals surface area (Å²) >= 11 is 1.56. The molecule has 2 aliphatic rings. The van der Waals surface area contributed by atoms with E-state index in [2.05, 4.69) is 17.4 Å². The number of hydrogen-bond donors (Lipinski definition) is 2. The SMILES string of the molecule is CC1=C(C(=O)Nc2ccccc2)C2C(=C(SCc3ccccc3)O1)C(=N)n1cccc12. The first kappa shape index (κ1) is 19.5. The molecule has 0 saturated heterocycles. The van der Waals surface area contributed by atoms with Gasteiger partial charge in [-0.05, 0) is 36.8 Å². The molecule has 6 heteroatoms. The van der Waals surface area contributed by atoms with Crippen LogP contribution in [0.3, 0.4) is 0 Å². The van der Waals surface area contributed by atoms with E-state index in [0.29, 0.717) is 22.3 Å². The second-order valence-corrected chi connectivity index (χ2v) is 8.40. The molecule has 5 nitrogen and oxygen atoms in total. The summed E-state index contributed by atoms with van der Waals surface area (Å²) in [5.74, 6) is 1.13. The first-order valence-corrected chi connectivity index (χ1v) is 11.0. The van der Waals surface area contributed by atoms with E-state index < -0.39 is 0 Å². The van der Waals surface area contributed by atoms with E-state index in [-0.39, 0.29) is 11.8 Å². The Labute approximate surface area is 184 Å². The van der Waals surface area contributed by atoms with E-state index >= 15 is 0 Å². The molecule has 0 fully saturated rings. The van der Waals surface area contributed by atoms with Crippen molar-refractivity contribution in [3.63, 3.8) is 0 Å². The zero-order valence-electron chi connectivity index (χ0n) is 17.0. The van der Waals surface area contributed by atoms with Gasteiger partial charge in [-0.25, -0.2) is 0 Å². The zero-order chi connectivity index (χ0) is 21.4. The number of allylic oxidation sites excluding steroid dienone is 2. The Kier molecular flexibility index (Phi) is 5.00. The molecule has 0 spiro atoms. The fraction of sp³-hybridized carbons (Fsp3) is 0.120. The van der Waals surface area contributed by atoms with Crippen LogP contribution < -0.4 is 5.32 Å². The van der Waals surface area contributed by atoms with Gasteiger partial charge >= 0.3 is 0 Å². The minimum absolute atomic E-state index is 0.208. The third-order valence-electron chi connectivity index (χ3n) is 5.48. The first-order valence-electron chi connectivity index (χ1n) is 10.1. The summed E-state index contributed by atoms with van der Waals surface area (Å²) in [6.07, 6.45) is 1.87. The molecule has 1 amide bonds. The maximum atomic E-state index is 13.3. The van der Waals surface area contributed by atoms with E-state index in [1.165, 1.54) is 5.56 Å². The monoisotopic (exact) mass is 427 g/mol. The standard InChI is InChI=1S/C25H21N3O2S/c1-16-20(24(29)27-18-11-6-3-7-12-18)21-19-13-8-14-28(19)23(26)22(21)25(30-16)31-15-17-9-4-2-5-10-17/h2-14,21,26H,15H2,1H3,(H,27,29). The van der Waals surface area contributed by atoms with Crippen LogP contribution in [-0.2, 0) is 15.3 Å². The van der Waals surface area contributed by atoms with Crippen molar-refractivity contribution in [3.8, 4) is 0 Å². The smallest absolute Gasteiger partial charge is 0.256 e. The van der Waals surface area contributed by atoms with Gasteiger partial charge in [0, 0.05) is 23.3 Å². The van der Waals surface area contributed by atoms with Crippen LogP contribution in [-0.4, -0.2) is 16.3 Å². The van der Waals surface area contributed by atoms with Crippen molar-refractivity contribution in [1.29, 1.82) is 5.41 Å². The van der Waals surface area contributed by atoms with Crippen molar-refractivity contribution >= 4 is 29.2 Å². The molecule has 154 valence electrons. The topological polar surface area (TPSA) is 67.1 Å². The van der Waals surface area contributed by atoms with Crippen LogP contribution in [0.25, 0.3) is 0 Å². The van der Waals surface area contributed by atoms with Gasteiger partial charge in [0.15, 0.2) is 5.09 Å². The Morgan fingerprint density at radius 1 is 1.06 bits per heavy atom. The molecule has 1 aromatic heterocycles. The number of benzene rings is 2. The van der Waals surface area contributed by atoms with Crippen LogP contribution in [0.2, 0.25) is 0 Å². The van der Waals surface area contributed by atoms with Gasteiger partial charge in [0.25, 0.3) is 5.91 Å². The third kappa shape index (κ3) is 3.49. The number of rotatable bonds is 5. The third-order valence-corrected chi connectivity index (χ3v) is 6.53. The van der Waals surface area contributed by atoms with Gasteiger partial charge in [0.2, 0.25) is 0 Å². The lowest BCUT2D eigenvalue weighted by Gasteiger charge is -2.26. The Morgan fingerprint density at radius 3 is 2.52 bits per heavy atom. The van der Waals surface area contributed by atoms with Crippen LogP contribution in [0, 0.1) is 5.41 Å². The number of fused-ring (bicyclic) bond motifs is 3. The predicted molar refractivity (Wildman–Crippen MR) is 124 cm³/mol. The van der Waals surface area contributed by atoms with Gasteiger partial charge in [0.1, 0.15) is 11.6 Å². The van der Waals surface area contributed by atoms with Crippen molar-refractivity contribution in [2.75, 3.05) is 5.32 Å². The van der Waals surface area contributed by atoms with Gasteiger partial charge in [-0.1, -0.05) is 60.3 Å². The normalized spacial score (nSPS) is 17.3. The number of para-hydroxylation sites is 1. The Hall–Kier alpha value is -3.51. The van der Waals surface area contributed by atoms with E-state index in [0.717, 1.165) is 22.7 Å². The van der Waals surface area contributed by atoms with Crippen LogP contribution in [0.15, 0.2) is 101 Å². The number of aromatic nitrogens is 1. The molecule has 1 unspecified atom stereocenters. The highest BCUT2D eigenvalue weighted by atomic mass is 32.2. The van der Waals surface area contributed by atoms with Crippen LogP contribution in [0.4, 0.5) is 5.69 Å². The summed E-state index contributed by atoms with van der Waals surface area (Å²) in [5, 5.41) is 12.4. The summed E-state index contributed by atoms with van der Waals surface area (Å²) < 4.78 is 8.01. The number of carbonyl (C=O) groups excluding carboxylic acids is 1. The fourth-order valence-electron chi connectivity index (χ4n) is 4.05. The lowest BCUT2D eigenvalue weighted by molar-refractivity contribution is -0.113. The van der Waals surface area contributed by atoms with E-state index in [1.54, 1.807) is 11.8 Å². The van der Waals surface area contributed by atoms with Crippen molar-refractivity contribution in [2.24, 2.45) is 0 Å². The maximum Gasteiger partial charge on any atom is 0.256 e. The van der Waals surface area contributed by atoms with Crippen LogP contribution >= 0.6 is 11.8 Å². The maximum absolute atomic E-state index is 13.3. The molecule has 0 bridgehead atoms. The first-order chi connectivity index (χ1) is 15.1. The molecule has 0 saturated carbocycles. The van der Waals surface area contributed by atoms with Crippen molar-refractivity contribution in [2.45, 2.75) is 18.6 Å². The number of hydrogen-bond acceptors (Lipinski definition) is 4. The highest BCUT2D eigenvalue weighted by molar-refractivity contribution is 8.02. The number of thioether (sulfide) groups is 1. The van der Waals surface area contributed by atoms with E-state index in [1.807, 2.05) is 78.4 Å². The number of nitrogens with one attached hydrogen (secondary N) is 2. The fourth-order valence-corrected chi connectivity index (χ4v) is 5.09. The summed E-state index contributed by atoms with van der Waals surface area (Å²) in [4.78, 5) is 13.3. The number of ether oxygens (including phenoxy) is 1. The van der Waals surface area contributed by atoms with Gasteiger partial charge in [-0.2, -0.15) is 0 Å². The lowest BCUT2D eigenvalue weighted by Crippen LogP contribution is -2.25. The minimum Gasteiger partial charge on any atom is -0.454 e. The Balaban J connectivity index is 1.50. The van der Waals surface area contributed by atoms with Gasteiger partial charge < -0.3 is 14.6 Å². The van der Waals surface area contributed by atoms with Crippen molar-refractivity contribution in [1.82, 2.24) is 4.57 Å². The molecule has 3 heterocycles. The number of carbonyl (C=O) groups is 1. The zero-order valence-corrected chi connectivity index (χ0v) is 17.8. The molecule has 1 atom stereocenters. The summed E-state index contributed by atoms with van der Waals surface area (Å²) in [6, 6.07) is 23.4. The molecular formula is C25H21N3O2S. The van der Waals surface area contributed by atoms with E-state index in [9.17, 15) is 4.79 Å². The van der Waals surface area contributed by atoms with Gasteiger partial charge in [-0.15, -0.1) is 0 Å². The van der Waals surface area contributed by atoms with Crippen LogP contribution in [0.1, 0.15) is 24.1 Å². The van der Waals surface area contributed by atoms with Crippen molar-refractivity contribution in [3.05, 3.63) is 112 Å². The quantitative estimate of drug-likeness (QED) is 0.565. The van der Waals surface area contributed by atoms with Gasteiger partial charge in [0.05, 0.1) is 17.1 Å².